The van der Waals surface area contributed by atoms with Crippen LogP contribution in [0.1, 0.15) is 27.3 Å². The third-order valence-corrected chi connectivity index (χ3v) is 6.40. The maximum atomic E-state index is 12.7. The summed E-state index contributed by atoms with van der Waals surface area (Å²) in [6, 6.07) is 22.8. The van der Waals surface area contributed by atoms with Crippen LogP contribution in [0.4, 0.5) is 0 Å². The molecule has 1 amide bonds. The van der Waals surface area contributed by atoms with Crippen molar-refractivity contribution in [2.45, 2.75) is 24.4 Å². The molecule has 0 atom stereocenters. The summed E-state index contributed by atoms with van der Waals surface area (Å²) in [4.78, 5) is 12.7. The van der Waals surface area contributed by atoms with Gasteiger partial charge in [-0.15, -0.1) is 10.2 Å². The van der Waals surface area contributed by atoms with Crippen LogP contribution in [-0.4, -0.2) is 20.7 Å². The fraction of sp³-hybridized carbons (Fsp3) is 0.125. The molecule has 32 heavy (non-hydrogen) atoms. The quantitative estimate of drug-likeness (QED) is 0.323. The number of halogens is 2. The Labute approximate surface area is 200 Å². The number of nitrogens with one attached hydrogen (secondary N) is 1. The van der Waals surface area contributed by atoms with E-state index >= 15 is 0 Å². The Kier molecular flexibility index (Phi) is 7.15. The molecule has 1 heterocycles. The minimum Gasteiger partial charge on any atom is -0.345 e. The first-order valence-corrected chi connectivity index (χ1v) is 11.7. The Balaban J connectivity index is 1.62. The van der Waals surface area contributed by atoms with Gasteiger partial charge in [-0.05, 0) is 42.3 Å². The number of hydrogen-bond donors (Lipinski definition) is 1. The SMILES string of the molecule is Cc1ccccc1C(=O)NCc1nnc(SCc2ccccc2)n1-c1ccc(Cl)cc1Cl. The maximum absolute atomic E-state index is 12.7. The van der Waals surface area contributed by atoms with Gasteiger partial charge in [0.15, 0.2) is 11.0 Å². The van der Waals surface area contributed by atoms with E-state index in [4.69, 9.17) is 23.2 Å². The van der Waals surface area contributed by atoms with Crippen molar-refractivity contribution < 1.29 is 4.79 Å². The fourth-order valence-electron chi connectivity index (χ4n) is 3.22. The molecule has 8 heteroatoms. The molecule has 1 N–H and O–H groups in total. The molecule has 0 fully saturated rings. The molecule has 0 bridgehead atoms. The number of thioether (sulfide) groups is 1. The molecule has 0 saturated carbocycles. The van der Waals surface area contributed by atoms with Gasteiger partial charge in [0, 0.05) is 16.3 Å². The van der Waals surface area contributed by atoms with Gasteiger partial charge in [-0.2, -0.15) is 0 Å². The van der Waals surface area contributed by atoms with Gasteiger partial charge in [0.2, 0.25) is 0 Å². The minimum atomic E-state index is -0.168. The Hall–Kier alpha value is -2.80. The van der Waals surface area contributed by atoms with Crippen LogP contribution >= 0.6 is 35.0 Å². The van der Waals surface area contributed by atoms with Gasteiger partial charge in [0.1, 0.15) is 0 Å². The molecule has 0 aliphatic rings. The topological polar surface area (TPSA) is 59.8 Å². The number of aromatic nitrogens is 3. The molecule has 0 spiro atoms. The molecule has 0 aliphatic carbocycles. The van der Waals surface area contributed by atoms with Crippen LogP contribution in [0.15, 0.2) is 78.0 Å². The van der Waals surface area contributed by atoms with Crippen molar-refractivity contribution in [1.29, 1.82) is 0 Å². The van der Waals surface area contributed by atoms with Crippen LogP contribution in [-0.2, 0) is 12.3 Å². The van der Waals surface area contributed by atoms with Gasteiger partial charge in [0.25, 0.3) is 5.91 Å². The van der Waals surface area contributed by atoms with E-state index in [1.807, 2.05) is 54.0 Å². The van der Waals surface area contributed by atoms with Gasteiger partial charge in [0.05, 0.1) is 17.3 Å². The molecule has 0 aliphatic heterocycles. The third kappa shape index (κ3) is 5.15. The van der Waals surface area contributed by atoms with Crippen LogP contribution in [0.25, 0.3) is 5.69 Å². The molecule has 4 aromatic rings. The molecular formula is C24H20Cl2N4OS. The molecule has 162 valence electrons. The van der Waals surface area contributed by atoms with Crippen LogP contribution in [0, 0.1) is 6.92 Å². The van der Waals surface area contributed by atoms with Gasteiger partial charge >= 0.3 is 0 Å². The summed E-state index contributed by atoms with van der Waals surface area (Å²) in [5.74, 6) is 1.13. The lowest BCUT2D eigenvalue weighted by Gasteiger charge is -2.13. The van der Waals surface area contributed by atoms with Crippen LogP contribution in [0.3, 0.4) is 0 Å². The number of carbonyl (C=O) groups excluding carboxylic acids is 1. The van der Waals surface area contributed by atoms with E-state index in [9.17, 15) is 4.79 Å². The molecule has 0 radical (unpaired) electrons. The summed E-state index contributed by atoms with van der Waals surface area (Å²) in [6.45, 7) is 2.11. The zero-order chi connectivity index (χ0) is 22.5. The summed E-state index contributed by atoms with van der Waals surface area (Å²) in [6.07, 6.45) is 0. The van der Waals surface area contributed by atoms with E-state index in [0.717, 1.165) is 11.3 Å². The first-order chi connectivity index (χ1) is 15.5. The van der Waals surface area contributed by atoms with Crippen molar-refractivity contribution >= 4 is 40.9 Å². The predicted molar refractivity (Wildman–Crippen MR) is 130 cm³/mol. The summed E-state index contributed by atoms with van der Waals surface area (Å²) >= 11 is 14.1. The summed E-state index contributed by atoms with van der Waals surface area (Å²) in [7, 11) is 0. The van der Waals surface area contributed by atoms with E-state index in [-0.39, 0.29) is 12.5 Å². The Morgan fingerprint density at radius 2 is 1.75 bits per heavy atom. The number of hydrogen-bond acceptors (Lipinski definition) is 4. The number of carbonyl (C=O) groups is 1. The lowest BCUT2D eigenvalue weighted by Crippen LogP contribution is -2.25. The smallest absolute Gasteiger partial charge is 0.251 e. The van der Waals surface area contributed by atoms with E-state index in [1.54, 1.807) is 30.0 Å². The second-order valence-corrected chi connectivity index (χ2v) is 8.89. The maximum Gasteiger partial charge on any atom is 0.251 e. The van der Waals surface area contributed by atoms with Crippen molar-refractivity contribution in [2.75, 3.05) is 0 Å². The minimum absolute atomic E-state index is 0.168. The van der Waals surface area contributed by atoms with Crippen LogP contribution < -0.4 is 5.32 Å². The third-order valence-electron chi connectivity index (χ3n) is 4.86. The Morgan fingerprint density at radius 3 is 2.50 bits per heavy atom. The fourth-order valence-corrected chi connectivity index (χ4v) is 4.63. The van der Waals surface area contributed by atoms with E-state index in [0.29, 0.717) is 32.3 Å². The highest BCUT2D eigenvalue weighted by Gasteiger charge is 2.18. The van der Waals surface area contributed by atoms with Crippen LogP contribution in [0.2, 0.25) is 10.0 Å². The van der Waals surface area contributed by atoms with Gasteiger partial charge in [-0.25, -0.2) is 0 Å². The Morgan fingerprint density at radius 1 is 1.00 bits per heavy atom. The molecule has 5 nitrogen and oxygen atoms in total. The number of benzene rings is 3. The normalized spacial score (nSPS) is 10.8. The highest BCUT2D eigenvalue weighted by molar-refractivity contribution is 7.98. The number of aryl methyl sites for hydroxylation is 1. The van der Waals surface area contributed by atoms with Gasteiger partial charge in [-0.3, -0.25) is 9.36 Å². The highest BCUT2D eigenvalue weighted by Crippen LogP contribution is 2.30. The molecular weight excluding hydrogens is 463 g/mol. The number of rotatable bonds is 7. The van der Waals surface area contributed by atoms with Crippen molar-refractivity contribution in [2.24, 2.45) is 0 Å². The largest absolute Gasteiger partial charge is 0.345 e. The van der Waals surface area contributed by atoms with Gasteiger partial charge in [-0.1, -0.05) is 83.5 Å². The average molecular weight is 483 g/mol. The highest BCUT2D eigenvalue weighted by atomic mass is 35.5. The first kappa shape index (κ1) is 22.4. The van der Waals surface area contributed by atoms with Crippen LogP contribution in [0.5, 0.6) is 0 Å². The summed E-state index contributed by atoms with van der Waals surface area (Å²) in [5, 5.41) is 13.4. The molecule has 1 aromatic heterocycles. The second-order valence-electron chi connectivity index (χ2n) is 7.10. The standard InChI is InChI=1S/C24H20Cl2N4OS/c1-16-7-5-6-10-19(16)23(31)27-14-22-28-29-24(32-15-17-8-3-2-4-9-17)30(22)21-12-11-18(25)13-20(21)26/h2-13H,14-15H2,1H3,(H,27,31). The van der Waals surface area contributed by atoms with Crippen molar-refractivity contribution in [3.8, 4) is 5.69 Å². The lowest BCUT2D eigenvalue weighted by atomic mass is 10.1. The molecule has 0 saturated heterocycles. The average Bonchev–Trinajstić information content (AvgIpc) is 3.19. The zero-order valence-corrected chi connectivity index (χ0v) is 19.6. The van der Waals surface area contributed by atoms with Crippen molar-refractivity contribution in [3.05, 3.63) is 105 Å². The van der Waals surface area contributed by atoms with E-state index < -0.39 is 0 Å². The lowest BCUT2D eigenvalue weighted by molar-refractivity contribution is 0.0949. The predicted octanol–water partition coefficient (Wildman–Crippen LogP) is 6.10. The summed E-state index contributed by atoms with van der Waals surface area (Å²) < 4.78 is 1.87. The number of nitrogens with zero attached hydrogens (tertiary/aromatic N) is 3. The summed E-state index contributed by atoms with van der Waals surface area (Å²) in [5.41, 5.74) is 3.41. The molecule has 4 rings (SSSR count). The van der Waals surface area contributed by atoms with Crippen molar-refractivity contribution in [3.63, 3.8) is 0 Å². The molecule has 3 aromatic carbocycles. The van der Waals surface area contributed by atoms with Crippen molar-refractivity contribution in [1.82, 2.24) is 20.1 Å². The zero-order valence-electron chi connectivity index (χ0n) is 17.3. The molecule has 0 unspecified atom stereocenters. The van der Waals surface area contributed by atoms with Gasteiger partial charge < -0.3 is 5.32 Å². The Bertz CT molecular complexity index is 1240. The second kappa shape index (κ2) is 10.2. The first-order valence-electron chi connectivity index (χ1n) is 9.93. The number of amides is 1. The van der Waals surface area contributed by atoms with E-state index in [1.165, 1.54) is 5.56 Å². The monoisotopic (exact) mass is 482 g/mol. The van der Waals surface area contributed by atoms with E-state index in [2.05, 4.69) is 27.6 Å².